The van der Waals surface area contributed by atoms with Crippen LogP contribution in [0, 0.1) is 11.8 Å². The second kappa shape index (κ2) is 20.3. The first-order chi connectivity index (χ1) is 35.9. The summed E-state index contributed by atoms with van der Waals surface area (Å²) in [6.07, 6.45) is 5.93. The van der Waals surface area contributed by atoms with Crippen LogP contribution >= 0.6 is 0 Å². The van der Waals surface area contributed by atoms with Crippen LogP contribution in [0.5, 0.6) is 11.5 Å². The number of carbonyl (C=O) groups is 4. The van der Waals surface area contributed by atoms with Crippen molar-refractivity contribution in [3.63, 3.8) is 0 Å². The van der Waals surface area contributed by atoms with E-state index in [1.54, 1.807) is 48.5 Å². The Balaban J connectivity index is 0.802. The van der Waals surface area contributed by atoms with Crippen molar-refractivity contribution in [2.75, 3.05) is 20.1 Å². The van der Waals surface area contributed by atoms with E-state index in [1.807, 2.05) is 55.8 Å². The number of likely N-dealkylation sites (tertiary alicyclic amines) is 2. The molecular weight excluding hydrogens is 931 g/mol. The van der Waals surface area contributed by atoms with Gasteiger partial charge in [0.15, 0.2) is 0 Å². The van der Waals surface area contributed by atoms with Crippen LogP contribution in [-0.2, 0) is 9.59 Å². The highest BCUT2D eigenvalue weighted by Crippen LogP contribution is 2.57. The molecule has 6 atom stereocenters. The van der Waals surface area contributed by atoms with Gasteiger partial charge in [0.1, 0.15) is 35.2 Å². The minimum Gasteiger partial charge on any atom is -0.410 e. The van der Waals surface area contributed by atoms with Gasteiger partial charge in [0.25, 0.3) is 0 Å². The zero-order valence-corrected chi connectivity index (χ0v) is 42.5. The fraction of sp³-hybridized carbons (Fsp3) is 0.356. The average Bonchev–Trinajstić information content (AvgIpc) is 4.29. The summed E-state index contributed by atoms with van der Waals surface area (Å²) in [6.45, 7) is 8.84. The van der Waals surface area contributed by atoms with Crippen LogP contribution in [0.1, 0.15) is 113 Å². The van der Waals surface area contributed by atoms with E-state index in [-0.39, 0.29) is 35.7 Å². The van der Waals surface area contributed by atoms with Gasteiger partial charge in [-0.1, -0.05) is 107 Å². The molecule has 3 saturated heterocycles. The van der Waals surface area contributed by atoms with Gasteiger partial charge in [-0.2, -0.15) is 0 Å². The Morgan fingerprint density at radius 1 is 0.581 bits per heavy atom. The van der Waals surface area contributed by atoms with Crippen LogP contribution in [0.25, 0.3) is 44.5 Å². The number of nitrogens with one attached hydrogen (secondary N) is 4. The van der Waals surface area contributed by atoms with E-state index in [2.05, 4.69) is 87.1 Å². The van der Waals surface area contributed by atoms with Crippen molar-refractivity contribution >= 4 is 35.0 Å². The molecular formula is C59H63N9O6. The Labute approximate surface area is 431 Å². The summed E-state index contributed by atoms with van der Waals surface area (Å²) in [4.78, 5) is 77.3. The van der Waals surface area contributed by atoms with E-state index >= 15 is 0 Å². The lowest BCUT2D eigenvalue weighted by molar-refractivity contribution is -0.136. The van der Waals surface area contributed by atoms with Crippen LogP contribution in [0.3, 0.4) is 0 Å². The number of benzene rings is 5. The molecule has 11 rings (SSSR count). The van der Waals surface area contributed by atoms with Crippen LogP contribution in [0.4, 0.5) is 9.59 Å². The van der Waals surface area contributed by atoms with E-state index in [4.69, 9.17) is 19.4 Å². The molecule has 4 aliphatic rings. The Morgan fingerprint density at radius 2 is 1.08 bits per heavy atom. The first kappa shape index (κ1) is 48.5. The number of fused-ring (bicyclic) bond motifs is 6. The zero-order chi connectivity index (χ0) is 51.2. The molecule has 2 bridgehead atoms. The second-order valence-corrected chi connectivity index (χ2v) is 20.9. The number of aromatic nitrogens is 4. The number of aromatic amines is 2. The maximum absolute atomic E-state index is 14.2. The third-order valence-electron chi connectivity index (χ3n) is 15.6. The lowest BCUT2D eigenvalue weighted by atomic mass is 9.81. The van der Waals surface area contributed by atoms with Crippen molar-refractivity contribution in [2.24, 2.45) is 11.8 Å². The first-order valence-electron chi connectivity index (χ1n) is 26.1. The third-order valence-corrected chi connectivity index (χ3v) is 15.6. The molecule has 15 heteroatoms. The lowest BCUT2D eigenvalue weighted by Crippen LogP contribution is -2.51. The van der Waals surface area contributed by atoms with Gasteiger partial charge in [0, 0.05) is 25.2 Å². The quantitative estimate of drug-likeness (QED) is 0.0875. The number of H-pyrrole nitrogens is 2. The summed E-state index contributed by atoms with van der Waals surface area (Å²) in [6, 6.07) is 36.0. The van der Waals surface area contributed by atoms with Crippen LogP contribution in [0.2, 0.25) is 0 Å². The van der Waals surface area contributed by atoms with Crippen LogP contribution < -0.4 is 20.1 Å². The Hall–Kier alpha value is -7.78. The van der Waals surface area contributed by atoms with E-state index in [0.29, 0.717) is 36.7 Å². The van der Waals surface area contributed by atoms with Gasteiger partial charge in [-0.3, -0.25) is 14.5 Å². The van der Waals surface area contributed by atoms with Crippen molar-refractivity contribution in [3.05, 3.63) is 144 Å². The fourth-order valence-electron chi connectivity index (χ4n) is 11.8. The van der Waals surface area contributed by atoms with E-state index < -0.39 is 24.3 Å². The number of rotatable bonds is 13. The predicted octanol–water partition coefficient (Wildman–Crippen LogP) is 11.1. The summed E-state index contributed by atoms with van der Waals surface area (Å²) in [7, 11) is 2.25. The topological polar surface area (TPSA) is 178 Å². The normalized spacial score (nSPS) is 20.0. The standard InChI is InChI=1S/C59H63N9O6/c1-34(2)52(64-58(71)73-39-14-8-6-9-15-39)56(69)67-30-12-18-48(67)54-60-33-45(63-54)37-22-20-36(21-23-37)41-25-26-42(51-47-29-28-46(50(41)51)66(47)5)38-24-27-43-44(32-38)62-55(61-43)49-19-13-31-68(49)57(70)53(35(3)4)65-59(72)74-40-16-10-7-11-17-40/h6-11,14-17,20-27,32-35,46-49,52-53H,12-13,18-19,28-31H2,1-5H3,(H,60,63)(H,61,62)(H,64,71)(H,65,72)/t46?,47?,48-,49-,52?,53-/m0/s1. The van der Waals surface area contributed by atoms with Gasteiger partial charge in [-0.15, -0.1) is 0 Å². The highest BCUT2D eigenvalue weighted by molar-refractivity contribution is 5.89. The molecule has 5 aromatic carbocycles. The molecule has 0 spiro atoms. The Morgan fingerprint density at radius 3 is 1.62 bits per heavy atom. The fourth-order valence-corrected chi connectivity index (χ4v) is 11.8. The Bertz CT molecular complexity index is 3210. The van der Waals surface area contributed by atoms with Gasteiger partial charge in [0.05, 0.1) is 35.0 Å². The van der Waals surface area contributed by atoms with Crippen molar-refractivity contribution in [3.8, 4) is 45.0 Å². The monoisotopic (exact) mass is 993 g/mol. The molecule has 4 N–H and O–H groups in total. The number of para-hydroxylation sites is 2. The van der Waals surface area contributed by atoms with Gasteiger partial charge in [-0.05, 0) is 133 Å². The summed E-state index contributed by atoms with van der Waals surface area (Å²) in [5.41, 5.74) is 11.1. The molecule has 3 fully saturated rings. The molecule has 0 aliphatic carbocycles. The van der Waals surface area contributed by atoms with Crippen molar-refractivity contribution in [2.45, 2.75) is 102 Å². The second-order valence-electron chi connectivity index (χ2n) is 20.9. The molecule has 7 aromatic rings. The number of nitrogens with zero attached hydrogens (tertiary/aromatic N) is 5. The molecule has 15 nitrogen and oxygen atoms in total. The largest absolute Gasteiger partial charge is 0.413 e. The molecule has 6 heterocycles. The minimum atomic E-state index is -0.758. The zero-order valence-electron chi connectivity index (χ0n) is 42.5. The average molecular weight is 994 g/mol. The summed E-state index contributed by atoms with van der Waals surface area (Å²) >= 11 is 0. The number of hydrogen-bond donors (Lipinski definition) is 4. The van der Waals surface area contributed by atoms with E-state index in [0.717, 1.165) is 83.6 Å². The van der Waals surface area contributed by atoms with Gasteiger partial charge < -0.3 is 39.9 Å². The molecule has 2 aromatic heterocycles. The van der Waals surface area contributed by atoms with Crippen molar-refractivity contribution in [1.29, 1.82) is 0 Å². The predicted molar refractivity (Wildman–Crippen MR) is 283 cm³/mol. The van der Waals surface area contributed by atoms with Gasteiger partial charge >= 0.3 is 12.2 Å². The van der Waals surface area contributed by atoms with E-state index in [1.165, 1.54) is 22.3 Å². The van der Waals surface area contributed by atoms with E-state index in [9.17, 15) is 19.2 Å². The maximum Gasteiger partial charge on any atom is 0.413 e. The van der Waals surface area contributed by atoms with Crippen LogP contribution in [0.15, 0.2) is 121 Å². The minimum absolute atomic E-state index is 0.147. The molecule has 3 unspecified atom stereocenters. The highest BCUT2D eigenvalue weighted by Gasteiger charge is 2.45. The number of hydrogen-bond acceptors (Lipinski definition) is 9. The van der Waals surface area contributed by atoms with Crippen LogP contribution in [-0.4, -0.2) is 90.9 Å². The summed E-state index contributed by atoms with van der Waals surface area (Å²) in [5, 5.41) is 5.66. The van der Waals surface area contributed by atoms with Crippen molar-refractivity contribution < 1.29 is 28.7 Å². The first-order valence-corrected chi connectivity index (χ1v) is 26.1. The number of carbonyl (C=O) groups excluding carboxylic acids is 4. The molecule has 380 valence electrons. The van der Waals surface area contributed by atoms with Gasteiger partial charge in [0.2, 0.25) is 11.8 Å². The lowest BCUT2D eigenvalue weighted by Gasteiger charge is -2.30. The maximum atomic E-state index is 14.2. The smallest absolute Gasteiger partial charge is 0.410 e. The SMILES string of the molecule is CC(C)C(NC(=O)Oc1ccccc1)C(=O)N1CCC[C@H]1c1ncc(-c2ccc(-c3ccc(-c4ccc5nc([C@@H]6CCCN6C(=O)[C@@H](NC(=O)Oc6ccccc6)C(C)C)[nH]c5c4)c4c3C3CCC4N3C)cc2)[nH]1. The molecule has 74 heavy (non-hydrogen) atoms. The molecule has 4 amide bonds. The molecule has 0 saturated carbocycles. The van der Waals surface area contributed by atoms with Crippen molar-refractivity contribution in [1.82, 2.24) is 45.3 Å². The number of imidazole rings is 2. The third kappa shape index (κ3) is 9.29. The van der Waals surface area contributed by atoms with Gasteiger partial charge in [-0.25, -0.2) is 19.6 Å². The Kier molecular flexibility index (Phi) is 13.3. The summed E-state index contributed by atoms with van der Waals surface area (Å²) in [5.74, 6) is 1.68. The number of amides is 4. The number of ether oxygens (including phenoxy) is 2. The molecule has 0 radical (unpaired) electrons. The molecule has 4 aliphatic heterocycles. The summed E-state index contributed by atoms with van der Waals surface area (Å²) < 4.78 is 11.0. The highest BCUT2D eigenvalue weighted by atomic mass is 16.6.